The van der Waals surface area contributed by atoms with Crippen LogP contribution in [-0.4, -0.2) is 24.2 Å². The molecule has 1 heterocycles. The highest BCUT2D eigenvalue weighted by Crippen LogP contribution is 2.18. The van der Waals surface area contributed by atoms with Gasteiger partial charge in [0.05, 0.1) is 11.2 Å². The summed E-state index contributed by atoms with van der Waals surface area (Å²) in [5.41, 5.74) is 4.40. The van der Waals surface area contributed by atoms with Crippen molar-refractivity contribution in [2.24, 2.45) is 0 Å². The second-order valence-electron chi connectivity index (χ2n) is 6.06. The molecule has 0 aliphatic rings. The lowest BCUT2D eigenvalue weighted by molar-refractivity contribution is 0.252. The number of amides is 2. The second-order valence-corrected chi connectivity index (χ2v) is 6.78. The number of aromatic nitrogens is 1. The van der Waals surface area contributed by atoms with Crippen molar-refractivity contribution in [2.45, 2.75) is 13.0 Å². The highest BCUT2D eigenvalue weighted by Gasteiger charge is 2.04. The molecule has 7 heteroatoms. The van der Waals surface area contributed by atoms with Crippen molar-refractivity contribution in [1.29, 1.82) is 0 Å². The average molecular weight is 407 g/mol. The maximum atomic E-state index is 12.1. The molecular formula is C22H21N3O3S. The van der Waals surface area contributed by atoms with Gasteiger partial charge in [-0.1, -0.05) is 24.1 Å². The molecule has 29 heavy (non-hydrogen) atoms. The number of anilines is 1. The molecule has 0 unspecified atom stereocenters. The number of urea groups is 1. The van der Waals surface area contributed by atoms with Crippen LogP contribution in [0.5, 0.6) is 11.5 Å². The summed E-state index contributed by atoms with van der Waals surface area (Å²) in [5.74, 6) is 3.83. The van der Waals surface area contributed by atoms with E-state index in [0.717, 1.165) is 17.0 Å². The Kier molecular flexibility index (Phi) is 7.49. The number of hydrogen-bond donors (Lipinski definition) is 2. The summed E-state index contributed by atoms with van der Waals surface area (Å²) in [6.07, 6.45) is 5.88. The number of carbonyl (C=O) groups is 1. The Bertz CT molecular complexity index is 950. The number of nitrogens with zero attached hydrogens (tertiary/aromatic N) is 1. The topological polar surface area (TPSA) is 72.5 Å². The van der Waals surface area contributed by atoms with Crippen molar-refractivity contribution in [3.63, 3.8) is 0 Å². The van der Waals surface area contributed by atoms with Gasteiger partial charge in [0, 0.05) is 23.7 Å². The zero-order chi connectivity index (χ0) is 20.3. The van der Waals surface area contributed by atoms with Crippen molar-refractivity contribution in [3.8, 4) is 23.8 Å². The molecule has 0 aliphatic heterocycles. The Hall–Kier alpha value is -3.50. The lowest BCUT2D eigenvalue weighted by Gasteiger charge is -2.10. The van der Waals surface area contributed by atoms with Crippen LogP contribution in [0.15, 0.2) is 59.4 Å². The molecule has 0 radical (unpaired) electrons. The van der Waals surface area contributed by atoms with Crippen molar-refractivity contribution in [3.05, 3.63) is 70.7 Å². The van der Waals surface area contributed by atoms with E-state index in [2.05, 4.69) is 21.5 Å². The molecule has 2 N–H and O–H groups in total. The minimum Gasteiger partial charge on any atom is -0.487 e. The highest BCUT2D eigenvalue weighted by atomic mass is 32.1. The largest absolute Gasteiger partial charge is 0.487 e. The normalized spacial score (nSPS) is 10.0. The van der Waals surface area contributed by atoms with E-state index in [9.17, 15) is 4.79 Å². The summed E-state index contributed by atoms with van der Waals surface area (Å²) < 4.78 is 11.0. The van der Waals surface area contributed by atoms with Crippen molar-refractivity contribution in [1.82, 2.24) is 10.3 Å². The van der Waals surface area contributed by atoms with Gasteiger partial charge in [0.25, 0.3) is 0 Å². The summed E-state index contributed by atoms with van der Waals surface area (Å²) in [5, 5.41) is 7.59. The van der Waals surface area contributed by atoms with E-state index in [1.54, 1.807) is 11.6 Å². The van der Waals surface area contributed by atoms with Crippen LogP contribution in [0.25, 0.3) is 0 Å². The number of benzene rings is 2. The Labute approximate surface area is 173 Å². The third-order valence-electron chi connectivity index (χ3n) is 3.91. The van der Waals surface area contributed by atoms with E-state index >= 15 is 0 Å². The second kappa shape index (κ2) is 10.7. The van der Waals surface area contributed by atoms with Gasteiger partial charge in [-0.25, -0.2) is 9.78 Å². The van der Waals surface area contributed by atoms with Gasteiger partial charge in [-0.3, -0.25) is 0 Å². The number of ether oxygens (including phenoxy) is 2. The Morgan fingerprint density at radius 3 is 2.76 bits per heavy atom. The van der Waals surface area contributed by atoms with Crippen LogP contribution in [0, 0.1) is 12.3 Å². The molecule has 2 amide bonds. The maximum absolute atomic E-state index is 12.1. The molecule has 0 saturated carbocycles. The fraction of sp³-hybridized carbons (Fsp3) is 0.182. The van der Waals surface area contributed by atoms with Gasteiger partial charge in [-0.2, -0.15) is 0 Å². The zero-order valence-electron chi connectivity index (χ0n) is 15.8. The van der Waals surface area contributed by atoms with Crippen LogP contribution in [-0.2, 0) is 13.0 Å². The molecule has 3 rings (SSSR count). The van der Waals surface area contributed by atoms with Crippen LogP contribution >= 0.6 is 11.3 Å². The van der Waals surface area contributed by atoms with Crippen LogP contribution < -0.4 is 20.1 Å². The van der Waals surface area contributed by atoms with Gasteiger partial charge in [-0.15, -0.1) is 17.8 Å². The van der Waals surface area contributed by atoms with E-state index in [-0.39, 0.29) is 12.6 Å². The fourth-order valence-electron chi connectivity index (χ4n) is 2.50. The van der Waals surface area contributed by atoms with Gasteiger partial charge in [-0.05, 0) is 36.2 Å². The van der Waals surface area contributed by atoms with Crippen molar-refractivity contribution < 1.29 is 14.3 Å². The third kappa shape index (κ3) is 6.87. The molecule has 0 atom stereocenters. The van der Waals surface area contributed by atoms with E-state index < -0.39 is 0 Å². The summed E-state index contributed by atoms with van der Waals surface area (Å²) in [6.45, 7) is 1.15. The number of terminal acetylenes is 1. The minimum atomic E-state index is -0.268. The van der Waals surface area contributed by atoms with Crippen molar-refractivity contribution >= 4 is 23.1 Å². The Morgan fingerprint density at radius 1 is 1.14 bits per heavy atom. The quantitative estimate of drug-likeness (QED) is 0.524. The molecular weight excluding hydrogens is 386 g/mol. The first-order valence-corrected chi connectivity index (χ1v) is 9.97. The molecule has 0 spiro atoms. The van der Waals surface area contributed by atoms with Crippen LogP contribution in [0.2, 0.25) is 0 Å². The lowest BCUT2D eigenvalue weighted by Crippen LogP contribution is -2.30. The number of nitrogens with one attached hydrogen (secondary N) is 2. The van der Waals surface area contributed by atoms with Gasteiger partial charge in [0.15, 0.2) is 0 Å². The number of thiazole rings is 1. The molecule has 148 valence electrons. The predicted molar refractivity (Wildman–Crippen MR) is 114 cm³/mol. The standard InChI is InChI=1S/C22H21N3O3S/c1-2-12-27-20-8-6-17(7-9-20)10-11-23-22(26)25-18-4-3-5-21(13-18)28-14-19-15-29-16-24-19/h1,3-9,13,15-16H,10-12,14H2,(H2,23,25,26). The van der Waals surface area contributed by atoms with Gasteiger partial charge >= 0.3 is 6.03 Å². The molecule has 0 fully saturated rings. The number of carbonyl (C=O) groups excluding carboxylic acids is 1. The SMILES string of the molecule is C#CCOc1ccc(CCNC(=O)Nc2cccc(OCc3cscn3)c2)cc1. The van der Waals surface area contributed by atoms with E-state index in [0.29, 0.717) is 31.0 Å². The fourth-order valence-corrected chi connectivity index (χ4v) is 3.05. The summed E-state index contributed by atoms with van der Waals surface area (Å²) in [7, 11) is 0. The number of hydrogen-bond acceptors (Lipinski definition) is 5. The van der Waals surface area contributed by atoms with Crippen LogP contribution in [0.1, 0.15) is 11.3 Å². The van der Waals surface area contributed by atoms with Gasteiger partial charge < -0.3 is 20.1 Å². The first kappa shape index (κ1) is 20.2. The molecule has 2 aromatic carbocycles. The first-order chi connectivity index (χ1) is 14.2. The Morgan fingerprint density at radius 2 is 2.00 bits per heavy atom. The molecule has 1 aromatic heterocycles. The predicted octanol–water partition coefficient (Wildman–Crippen LogP) is 4.10. The highest BCUT2D eigenvalue weighted by molar-refractivity contribution is 7.07. The molecule has 0 bridgehead atoms. The van der Waals surface area contributed by atoms with Gasteiger partial charge in [0.2, 0.25) is 0 Å². The van der Waals surface area contributed by atoms with Crippen LogP contribution in [0.4, 0.5) is 10.5 Å². The van der Waals surface area contributed by atoms with E-state index in [1.807, 2.05) is 47.8 Å². The lowest BCUT2D eigenvalue weighted by atomic mass is 10.1. The molecule has 0 aliphatic carbocycles. The monoisotopic (exact) mass is 407 g/mol. The zero-order valence-corrected chi connectivity index (χ0v) is 16.6. The minimum absolute atomic E-state index is 0.248. The molecule has 3 aromatic rings. The van der Waals surface area contributed by atoms with Crippen LogP contribution in [0.3, 0.4) is 0 Å². The van der Waals surface area contributed by atoms with Gasteiger partial charge in [0.1, 0.15) is 24.7 Å². The maximum Gasteiger partial charge on any atom is 0.319 e. The van der Waals surface area contributed by atoms with E-state index in [1.165, 1.54) is 11.3 Å². The molecule has 6 nitrogen and oxygen atoms in total. The first-order valence-electron chi connectivity index (χ1n) is 9.03. The Balaban J connectivity index is 1.41. The smallest absolute Gasteiger partial charge is 0.319 e. The van der Waals surface area contributed by atoms with Crippen molar-refractivity contribution in [2.75, 3.05) is 18.5 Å². The number of rotatable bonds is 9. The average Bonchev–Trinajstić information content (AvgIpc) is 3.26. The summed E-state index contributed by atoms with van der Waals surface area (Å²) in [6, 6.07) is 14.6. The third-order valence-corrected chi connectivity index (χ3v) is 4.54. The van der Waals surface area contributed by atoms with E-state index in [4.69, 9.17) is 15.9 Å². The summed E-state index contributed by atoms with van der Waals surface area (Å²) >= 11 is 1.53. The molecule has 0 saturated heterocycles. The summed E-state index contributed by atoms with van der Waals surface area (Å²) in [4.78, 5) is 16.3.